The van der Waals surface area contributed by atoms with Gasteiger partial charge in [0.2, 0.25) is 0 Å². The maximum atomic E-state index is 12.4. The molecule has 4 nitrogen and oxygen atoms in total. The fourth-order valence-electron chi connectivity index (χ4n) is 2.24. The SMILES string of the molecule is Cc1cccc(Oc2ccccc2C(=O)N[C@@H](C)C[S@@](C)=O)c1. The molecule has 2 aromatic rings. The van der Waals surface area contributed by atoms with Gasteiger partial charge in [0.1, 0.15) is 11.5 Å². The summed E-state index contributed by atoms with van der Waals surface area (Å²) in [5.41, 5.74) is 1.55. The van der Waals surface area contributed by atoms with Crippen molar-refractivity contribution >= 4 is 16.7 Å². The molecule has 0 aliphatic heterocycles. The highest BCUT2D eigenvalue weighted by atomic mass is 32.2. The molecule has 0 aromatic heterocycles. The van der Waals surface area contributed by atoms with Gasteiger partial charge in [0.25, 0.3) is 5.91 Å². The van der Waals surface area contributed by atoms with Crippen molar-refractivity contribution in [1.29, 1.82) is 0 Å². The van der Waals surface area contributed by atoms with E-state index in [9.17, 15) is 9.00 Å². The van der Waals surface area contributed by atoms with E-state index in [4.69, 9.17) is 4.74 Å². The molecule has 0 radical (unpaired) electrons. The lowest BCUT2D eigenvalue weighted by atomic mass is 10.1. The van der Waals surface area contributed by atoms with Crippen molar-refractivity contribution in [2.45, 2.75) is 19.9 Å². The molecule has 0 unspecified atom stereocenters. The Kier molecular flexibility index (Phi) is 5.93. The van der Waals surface area contributed by atoms with Crippen molar-refractivity contribution in [3.05, 3.63) is 59.7 Å². The summed E-state index contributed by atoms with van der Waals surface area (Å²) in [5.74, 6) is 1.38. The molecule has 0 aliphatic carbocycles. The van der Waals surface area contributed by atoms with E-state index in [1.54, 1.807) is 24.5 Å². The van der Waals surface area contributed by atoms with Gasteiger partial charge >= 0.3 is 0 Å². The van der Waals surface area contributed by atoms with Crippen LogP contribution >= 0.6 is 0 Å². The van der Waals surface area contributed by atoms with Gasteiger partial charge in [-0.15, -0.1) is 0 Å². The molecular formula is C18H21NO3S. The maximum Gasteiger partial charge on any atom is 0.255 e. The summed E-state index contributed by atoms with van der Waals surface area (Å²) < 4.78 is 17.1. The Bertz CT molecular complexity index is 715. The highest BCUT2D eigenvalue weighted by Crippen LogP contribution is 2.25. The zero-order valence-electron chi connectivity index (χ0n) is 13.5. The maximum absolute atomic E-state index is 12.4. The number of carbonyl (C=O) groups is 1. The molecule has 0 bridgehead atoms. The fraction of sp³-hybridized carbons (Fsp3) is 0.278. The van der Waals surface area contributed by atoms with Crippen LogP contribution in [0, 0.1) is 6.92 Å². The topological polar surface area (TPSA) is 55.4 Å². The van der Waals surface area contributed by atoms with E-state index < -0.39 is 10.8 Å². The second-order valence-corrected chi connectivity index (χ2v) is 7.01. The number of benzene rings is 2. The minimum absolute atomic E-state index is 0.166. The highest BCUT2D eigenvalue weighted by Gasteiger charge is 2.15. The Morgan fingerprint density at radius 3 is 2.65 bits per heavy atom. The van der Waals surface area contributed by atoms with E-state index in [1.807, 2.05) is 44.2 Å². The predicted molar refractivity (Wildman–Crippen MR) is 93.6 cm³/mol. The Balaban J connectivity index is 2.16. The van der Waals surface area contributed by atoms with Gasteiger partial charge in [-0.05, 0) is 43.7 Å². The summed E-state index contributed by atoms with van der Waals surface area (Å²) in [6.07, 6.45) is 1.62. The molecule has 0 saturated heterocycles. The molecule has 0 heterocycles. The third-order valence-corrected chi connectivity index (χ3v) is 4.18. The zero-order chi connectivity index (χ0) is 16.8. The van der Waals surface area contributed by atoms with Crippen LogP contribution in [-0.4, -0.2) is 28.2 Å². The third kappa shape index (κ3) is 5.21. The Labute approximate surface area is 139 Å². The number of nitrogens with one attached hydrogen (secondary N) is 1. The van der Waals surface area contributed by atoms with E-state index in [-0.39, 0.29) is 11.9 Å². The predicted octanol–water partition coefficient (Wildman–Crippen LogP) is 3.28. The second-order valence-electron chi connectivity index (χ2n) is 5.53. The van der Waals surface area contributed by atoms with Crippen molar-refractivity contribution in [3.8, 4) is 11.5 Å². The van der Waals surface area contributed by atoms with Crippen molar-refractivity contribution in [1.82, 2.24) is 5.32 Å². The molecule has 122 valence electrons. The first kappa shape index (κ1) is 17.2. The van der Waals surface area contributed by atoms with Crippen LogP contribution in [0.5, 0.6) is 11.5 Å². The number of hydrogen-bond acceptors (Lipinski definition) is 3. The average Bonchev–Trinajstić information content (AvgIpc) is 2.46. The van der Waals surface area contributed by atoms with Gasteiger partial charge in [0, 0.05) is 28.9 Å². The van der Waals surface area contributed by atoms with Crippen LogP contribution in [-0.2, 0) is 10.8 Å². The largest absolute Gasteiger partial charge is 0.457 e. The minimum atomic E-state index is -0.954. The zero-order valence-corrected chi connectivity index (χ0v) is 14.4. The first-order chi connectivity index (χ1) is 11.0. The number of aryl methyl sites for hydroxylation is 1. The van der Waals surface area contributed by atoms with E-state index in [0.29, 0.717) is 22.8 Å². The van der Waals surface area contributed by atoms with Crippen molar-refractivity contribution < 1.29 is 13.7 Å². The van der Waals surface area contributed by atoms with E-state index in [2.05, 4.69) is 5.32 Å². The molecule has 0 aliphatic rings. The van der Waals surface area contributed by atoms with Crippen LogP contribution in [0.25, 0.3) is 0 Å². The molecule has 5 heteroatoms. The van der Waals surface area contributed by atoms with Crippen LogP contribution in [0.3, 0.4) is 0 Å². The van der Waals surface area contributed by atoms with Gasteiger partial charge in [-0.2, -0.15) is 0 Å². The first-order valence-electron chi connectivity index (χ1n) is 7.40. The number of rotatable bonds is 6. The van der Waals surface area contributed by atoms with Gasteiger partial charge in [-0.25, -0.2) is 0 Å². The average molecular weight is 331 g/mol. The molecule has 23 heavy (non-hydrogen) atoms. The lowest BCUT2D eigenvalue weighted by molar-refractivity contribution is 0.0941. The smallest absolute Gasteiger partial charge is 0.255 e. The lowest BCUT2D eigenvalue weighted by Gasteiger charge is -2.15. The normalized spacial score (nSPS) is 13.2. The molecule has 0 fully saturated rings. The van der Waals surface area contributed by atoms with Gasteiger partial charge in [0.05, 0.1) is 5.56 Å². The van der Waals surface area contributed by atoms with Crippen LogP contribution < -0.4 is 10.1 Å². The van der Waals surface area contributed by atoms with Crippen LogP contribution in [0.15, 0.2) is 48.5 Å². The second kappa shape index (κ2) is 7.92. The number of carbonyl (C=O) groups excluding carboxylic acids is 1. The van der Waals surface area contributed by atoms with Crippen LogP contribution in [0.2, 0.25) is 0 Å². The number of para-hydroxylation sites is 1. The molecule has 1 N–H and O–H groups in total. The molecule has 2 atom stereocenters. The van der Waals surface area contributed by atoms with E-state index >= 15 is 0 Å². The molecule has 1 amide bonds. The summed E-state index contributed by atoms with van der Waals surface area (Å²) >= 11 is 0. The Morgan fingerprint density at radius 1 is 1.22 bits per heavy atom. The van der Waals surface area contributed by atoms with Crippen molar-refractivity contribution in [3.63, 3.8) is 0 Å². The number of hydrogen-bond donors (Lipinski definition) is 1. The Morgan fingerprint density at radius 2 is 1.96 bits per heavy atom. The van der Waals surface area contributed by atoms with Gasteiger partial charge in [0.15, 0.2) is 0 Å². The standard InChI is InChI=1S/C18H21NO3S/c1-13-7-6-8-15(11-13)22-17-10-5-4-9-16(17)18(20)19-14(2)12-23(3)21/h4-11,14H,12H2,1-3H3,(H,19,20)/t14-,23+/m0/s1. The van der Waals surface area contributed by atoms with Gasteiger partial charge < -0.3 is 10.1 Å². The highest BCUT2D eigenvalue weighted by molar-refractivity contribution is 7.84. The summed E-state index contributed by atoms with van der Waals surface area (Å²) in [5, 5.41) is 2.85. The first-order valence-corrected chi connectivity index (χ1v) is 9.13. The molecular weight excluding hydrogens is 310 g/mol. The summed E-state index contributed by atoms with van der Waals surface area (Å²) in [6.45, 7) is 3.82. The quantitative estimate of drug-likeness (QED) is 0.884. The lowest BCUT2D eigenvalue weighted by Crippen LogP contribution is -2.36. The monoisotopic (exact) mass is 331 g/mol. The summed E-state index contributed by atoms with van der Waals surface area (Å²) in [4.78, 5) is 12.4. The minimum Gasteiger partial charge on any atom is -0.457 e. The van der Waals surface area contributed by atoms with Gasteiger partial charge in [-0.3, -0.25) is 9.00 Å². The van der Waals surface area contributed by atoms with Crippen molar-refractivity contribution in [2.24, 2.45) is 0 Å². The molecule has 2 aromatic carbocycles. The Hall–Kier alpha value is -2.14. The molecule has 2 rings (SSSR count). The van der Waals surface area contributed by atoms with Crippen LogP contribution in [0.4, 0.5) is 0 Å². The number of ether oxygens (including phenoxy) is 1. The molecule has 0 saturated carbocycles. The summed E-state index contributed by atoms with van der Waals surface area (Å²) in [7, 11) is -0.954. The summed E-state index contributed by atoms with van der Waals surface area (Å²) in [6, 6.07) is 14.6. The fourth-order valence-corrected chi connectivity index (χ4v) is 3.03. The van der Waals surface area contributed by atoms with Gasteiger partial charge in [-0.1, -0.05) is 24.3 Å². The number of amides is 1. The van der Waals surface area contributed by atoms with Crippen molar-refractivity contribution in [2.75, 3.05) is 12.0 Å². The van der Waals surface area contributed by atoms with E-state index in [1.165, 1.54) is 0 Å². The molecule has 0 spiro atoms. The van der Waals surface area contributed by atoms with Crippen LogP contribution in [0.1, 0.15) is 22.8 Å². The van der Waals surface area contributed by atoms with E-state index in [0.717, 1.165) is 5.56 Å². The third-order valence-electron chi connectivity index (χ3n) is 3.21.